The van der Waals surface area contributed by atoms with E-state index in [1.807, 2.05) is 49.5 Å². The number of aromatic nitrogens is 4. The summed E-state index contributed by atoms with van der Waals surface area (Å²) in [7, 11) is 1.90. The summed E-state index contributed by atoms with van der Waals surface area (Å²) in [6.07, 6.45) is 3.49. The Bertz CT molecular complexity index is 644. The van der Waals surface area contributed by atoms with Crippen molar-refractivity contribution in [1.29, 1.82) is 0 Å². The molecule has 2 heterocycles. The molecule has 0 bridgehead atoms. The predicted molar refractivity (Wildman–Crippen MR) is 69.7 cm³/mol. The maximum absolute atomic E-state index is 4.57. The second kappa shape index (κ2) is 4.41. The molecule has 1 aromatic carbocycles. The van der Waals surface area contributed by atoms with E-state index in [1.165, 1.54) is 0 Å². The maximum atomic E-state index is 4.57. The van der Waals surface area contributed by atoms with Gasteiger partial charge < -0.3 is 0 Å². The molecule has 0 saturated carbocycles. The zero-order chi connectivity index (χ0) is 12.4. The summed E-state index contributed by atoms with van der Waals surface area (Å²) >= 11 is 0. The van der Waals surface area contributed by atoms with Gasteiger partial charge in [-0.15, -0.1) is 0 Å². The van der Waals surface area contributed by atoms with Crippen LogP contribution in [0.4, 0.5) is 0 Å². The van der Waals surface area contributed by atoms with E-state index in [2.05, 4.69) is 15.1 Å². The van der Waals surface area contributed by atoms with Gasteiger partial charge in [0.2, 0.25) is 0 Å². The van der Waals surface area contributed by atoms with Crippen molar-refractivity contribution in [2.24, 2.45) is 7.05 Å². The first-order valence-electron chi connectivity index (χ1n) is 5.71. The molecule has 3 aromatic rings. The van der Waals surface area contributed by atoms with Crippen LogP contribution in [0.3, 0.4) is 0 Å². The third-order valence-corrected chi connectivity index (χ3v) is 2.73. The molecule has 0 aliphatic carbocycles. The van der Waals surface area contributed by atoms with Crippen LogP contribution in [0.1, 0.15) is 0 Å². The normalized spacial score (nSPS) is 10.5. The molecule has 0 fully saturated rings. The highest BCUT2D eigenvalue weighted by Crippen LogP contribution is 2.20. The first kappa shape index (κ1) is 10.7. The molecule has 4 nitrogen and oxygen atoms in total. The molecule has 2 aromatic heterocycles. The van der Waals surface area contributed by atoms with Crippen molar-refractivity contribution in [2.45, 2.75) is 0 Å². The average Bonchev–Trinajstić information content (AvgIpc) is 2.83. The van der Waals surface area contributed by atoms with Crippen LogP contribution in [0.5, 0.6) is 0 Å². The molecule has 0 radical (unpaired) electrons. The number of aryl methyl sites for hydroxylation is 1. The highest BCUT2D eigenvalue weighted by molar-refractivity contribution is 5.61. The summed E-state index contributed by atoms with van der Waals surface area (Å²) in [5.74, 6) is 1.58. The van der Waals surface area contributed by atoms with E-state index in [9.17, 15) is 0 Å². The molecule has 4 heteroatoms. The minimum Gasteiger partial charge on any atom is -0.265 e. The zero-order valence-electron chi connectivity index (χ0n) is 9.99. The van der Waals surface area contributed by atoms with Gasteiger partial charge in [0.25, 0.3) is 0 Å². The Labute approximate surface area is 105 Å². The van der Waals surface area contributed by atoms with Gasteiger partial charge in [0.15, 0.2) is 11.6 Å². The molecule has 18 heavy (non-hydrogen) atoms. The van der Waals surface area contributed by atoms with Crippen molar-refractivity contribution in [3.05, 3.63) is 54.9 Å². The van der Waals surface area contributed by atoms with Gasteiger partial charge in [-0.2, -0.15) is 5.10 Å². The molecule has 88 valence electrons. The standard InChI is InChI=1S/C14H12N4/c1-18-14(12-5-3-2-4-6-12)16-13(17-18)11-7-9-15-10-8-11/h2-10H,1H3. The Kier molecular flexibility index (Phi) is 2.61. The fourth-order valence-corrected chi connectivity index (χ4v) is 1.85. The zero-order valence-corrected chi connectivity index (χ0v) is 9.99. The summed E-state index contributed by atoms with van der Waals surface area (Å²) in [5.41, 5.74) is 2.04. The number of hydrogen-bond donors (Lipinski definition) is 0. The van der Waals surface area contributed by atoms with Crippen LogP contribution < -0.4 is 0 Å². The van der Waals surface area contributed by atoms with Gasteiger partial charge in [-0.3, -0.25) is 4.98 Å². The van der Waals surface area contributed by atoms with Gasteiger partial charge in [-0.05, 0) is 12.1 Å². The average molecular weight is 236 g/mol. The van der Waals surface area contributed by atoms with Crippen LogP contribution in [0.15, 0.2) is 54.9 Å². The van der Waals surface area contributed by atoms with E-state index in [0.29, 0.717) is 0 Å². The van der Waals surface area contributed by atoms with E-state index in [1.54, 1.807) is 17.1 Å². The van der Waals surface area contributed by atoms with Crippen LogP contribution in [0.25, 0.3) is 22.8 Å². The molecule has 0 aliphatic heterocycles. The van der Waals surface area contributed by atoms with Crippen LogP contribution >= 0.6 is 0 Å². The minimum absolute atomic E-state index is 0.721. The fraction of sp³-hybridized carbons (Fsp3) is 0.0714. The van der Waals surface area contributed by atoms with Crippen molar-refractivity contribution >= 4 is 0 Å². The second-order valence-corrected chi connectivity index (χ2v) is 3.98. The summed E-state index contributed by atoms with van der Waals surface area (Å²) in [6, 6.07) is 13.9. The first-order chi connectivity index (χ1) is 8.84. The fourth-order valence-electron chi connectivity index (χ4n) is 1.85. The summed E-state index contributed by atoms with van der Waals surface area (Å²) < 4.78 is 1.80. The lowest BCUT2D eigenvalue weighted by Crippen LogP contribution is -1.93. The van der Waals surface area contributed by atoms with Gasteiger partial charge in [0.1, 0.15) is 0 Å². The third-order valence-electron chi connectivity index (χ3n) is 2.73. The highest BCUT2D eigenvalue weighted by atomic mass is 15.3. The lowest BCUT2D eigenvalue weighted by molar-refractivity contribution is 0.777. The first-order valence-corrected chi connectivity index (χ1v) is 5.71. The largest absolute Gasteiger partial charge is 0.265 e. The van der Waals surface area contributed by atoms with Gasteiger partial charge in [-0.1, -0.05) is 30.3 Å². The number of benzene rings is 1. The molecule has 0 spiro atoms. The van der Waals surface area contributed by atoms with Crippen molar-refractivity contribution in [3.8, 4) is 22.8 Å². The van der Waals surface area contributed by atoms with E-state index in [0.717, 1.165) is 22.8 Å². The molecule has 0 amide bonds. The van der Waals surface area contributed by atoms with E-state index in [-0.39, 0.29) is 0 Å². The van der Waals surface area contributed by atoms with Crippen molar-refractivity contribution in [1.82, 2.24) is 19.7 Å². The smallest absolute Gasteiger partial charge is 0.181 e. The van der Waals surface area contributed by atoms with Gasteiger partial charge in [-0.25, -0.2) is 9.67 Å². The molecule has 0 unspecified atom stereocenters. The molecule has 0 N–H and O–H groups in total. The maximum Gasteiger partial charge on any atom is 0.181 e. The van der Waals surface area contributed by atoms with Crippen molar-refractivity contribution in [2.75, 3.05) is 0 Å². The van der Waals surface area contributed by atoms with Gasteiger partial charge >= 0.3 is 0 Å². The number of pyridine rings is 1. The topological polar surface area (TPSA) is 43.6 Å². The lowest BCUT2D eigenvalue weighted by Gasteiger charge is -1.97. The monoisotopic (exact) mass is 236 g/mol. The SMILES string of the molecule is Cn1nc(-c2ccncc2)nc1-c1ccccc1. The highest BCUT2D eigenvalue weighted by Gasteiger charge is 2.10. The van der Waals surface area contributed by atoms with E-state index in [4.69, 9.17) is 0 Å². The molecule has 0 atom stereocenters. The third kappa shape index (κ3) is 1.88. The molecule has 3 rings (SSSR count). The van der Waals surface area contributed by atoms with Gasteiger partial charge in [0.05, 0.1) is 0 Å². The van der Waals surface area contributed by atoms with Gasteiger partial charge in [0, 0.05) is 30.6 Å². The summed E-state index contributed by atoms with van der Waals surface area (Å²) in [6.45, 7) is 0. The van der Waals surface area contributed by atoms with Crippen LogP contribution in [-0.2, 0) is 7.05 Å². The Morgan fingerprint density at radius 2 is 1.61 bits per heavy atom. The Balaban J connectivity index is 2.07. The Hall–Kier alpha value is -2.49. The van der Waals surface area contributed by atoms with Crippen LogP contribution in [0, 0.1) is 0 Å². The van der Waals surface area contributed by atoms with Crippen molar-refractivity contribution in [3.63, 3.8) is 0 Å². The van der Waals surface area contributed by atoms with Crippen LogP contribution in [-0.4, -0.2) is 19.7 Å². The number of hydrogen-bond acceptors (Lipinski definition) is 3. The van der Waals surface area contributed by atoms with Crippen LogP contribution in [0.2, 0.25) is 0 Å². The molecular weight excluding hydrogens is 224 g/mol. The van der Waals surface area contributed by atoms with E-state index < -0.39 is 0 Å². The quantitative estimate of drug-likeness (QED) is 0.686. The minimum atomic E-state index is 0.721. The predicted octanol–water partition coefficient (Wildman–Crippen LogP) is 2.54. The lowest BCUT2D eigenvalue weighted by atomic mass is 10.2. The molecule has 0 saturated heterocycles. The molecular formula is C14H12N4. The number of rotatable bonds is 2. The second-order valence-electron chi connectivity index (χ2n) is 3.98. The summed E-state index contributed by atoms with van der Waals surface area (Å²) in [4.78, 5) is 8.57. The summed E-state index contributed by atoms with van der Waals surface area (Å²) in [5, 5.41) is 4.44. The van der Waals surface area contributed by atoms with E-state index >= 15 is 0 Å². The number of nitrogens with zero attached hydrogens (tertiary/aromatic N) is 4. The van der Waals surface area contributed by atoms with Crippen molar-refractivity contribution < 1.29 is 0 Å². The molecule has 0 aliphatic rings. The Morgan fingerprint density at radius 1 is 0.889 bits per heavy atom. The Morgan fingerprint density at radius 3 is 2.33 bits per heavy atom.